The first-order chi connectivity index (χ1) is 11.5. The van der Waals surface area contributed by atoms with Crippen LogP contribution in [0, 0.1) is 0 Å². The molecule has 7 nitrogen and oxygen atoms in total. The summed E-state index contributed by atoms with van der Waals surface area (Å²) < 4.78 is 5.43. The van der Waals surface area contributed by atoms with E-state index in [0.717, 1.165) is 17.7 Å². The summed E-state index contributed by atoms with van der Waals surface area (Å²) >= 11 is 0. The predicted molar refractivity (Wildman–Crippen MR) is 86.0 cm³/mol. The van der Waals surface area contributed by atoms with Crippen molar-refractivity contribution in [3.63, 3.8) is 0 Å². The molecule has 1 aromatic rings. The molecule has 2 N–H and O–H groups in total. The number of hydrogen-bond acceptors (Lipinski definition) is 4. The molecule has 0 saturated carbocycles. The van der Waals surface area contributed by atoms with Crippen LogP contribution >= 0.6 is 0 Å². The molecule has 0 aliphatic carbocycles. The lowest BCUT2D eigenvalue weighted by molar-refractivity contribution is -0.134. The highest BCUT2D eigenvalue weighted by molar-refractivity contribution is 6.09. The van der Waals surface area contributed by atoms with Crippen molar-refractivity contribution in [2.75, 3.05) is 19.7 Å². The van der Waals surface area contributed by atoms with E-state index >= 15 is 0 Å². The second-order valence-electron chi connectivity index (χ2n) is 6.25. The van der Waals surface area contributed by atoms with Gasteiger partial charge in [0, 0.05) is 13.2 Å². The van der Waals surface area contributed by atoms with Crippen molar-refractivity contribution in [1.29, 1.82) is 0 Å². The zero-order valence-corrected chi connectivity index (χ0v) is 13.6. The Bertz CT molecular complexity index is 642. The highest BCUT2D eigenvalue weighted by atomic mass is 16.5. The minimum atomic E-state index is -1.15. The van der Waals surface area contributed by atoms with Crippen molar-refractivity contribution in [3.05, 3.63) is 35.9 Å². The first-order valence-corrected chi connectivity index (χ1v) is 8.08. The Morgan fingerprint density at radius 3 is 2.79 bits per heavy atom. The van der Waals surface area contributed by atoms with Gasteiger partial charge in [0.15, 0.2) is 0 Å². The molecule has 0 unspecified atom stereocenters. The van der Waals surface area contributed by atoms with Crippen LogP contribution in [0.5, 0.6) is 0 Å². The van der Waals surface area contributed by atoms with Gasteiger partial charge in [-0.3, -0.25) is 14.5 Å². The van der Waals surface area contributed by atoms with Crippen molar-refractivity contribution < 1.29 is 19.1 Å². The van der Waals surface area contributed by atoms with Crippen LogP contribution in [0.2, 0.25) is 0 Å². The molecule has 3 rings (SSSR count). The zero-order chi connectivity index (χ0) is 17.2. The second-order valence-corrected chi connectivity index (χ2v) is 6.25. The van der Waals surface area contributed by atoms with Crippen LogP contribution in [0.25, 0.3) is 0 Å². The Labute approximate surface area is 140 Å². The summed E-state index contributed by atoms with van der Waals surface area (Å²) in [7, 11) is 0. The van der Waals surface area contributed by atoms with Gasteiger partial charge in [0.1, 0.15) is 12.1 Å². The summed E-state index contributed by atoms with van der Waals surface area (Å²) in [5.41, 5.74) is -0.460. The first-order valence-electron chi connectivity index (χ1n) is 8.08. The molecule has 2 aliphatic rings. The van der Waals surface area contributed by atoms with Gasteiger partial charge in [-0.15, -0.1) is 0 Å². The maximum absolute atomic E-state index is 12.7. The maximum atomic E-state index is 12.7. The van der Waals surface area contributed by atoms with E-state index in [1.54, 1.807) is 31.2 Å². The number of imide groups is 1. The fourth-order valence-electron chi connectivity index (χ4n) is 3.04. The topological polar surface area (TPSA) is 87.7 Å². The van der Waals surface area contributed by atoms with Crippen LogP contribution < -0.4 is 10.6 Å². The van der Waals surface area contributed by atoms with E-state index in [9.17, 15) is 14.4 Å². The number of urea groups is 1. The van der Waals surface area contributed by atoms with E-state index in [1.165, 1.54) is 0 Å². The number of ether oxygens (including phenoxy) is 1. The average Bonchev–Trinajstić information content (AvgIpc) is 3.17. The number of benzene rings is 1. The molecule has 2 atom stereocenters. The fourth-order valence-corrected chi connectivity index (χ4v) is 3.04. The van der Waals surface area contributed by atoms with Gasteiger partial charge >= 0.3 is 6.03 Å². The van der Waals surface area contributed by atoms with Gasteiger partial charge in [0.2, 0.25) is 5.91 Å². The lowest BCUT2D eigenvalue weighted by Gasteiger charge is -2.22. The largest absolute Gasteiger partial charge is 0.376 e. The predicted octanol–water partition coefficient (Wildman–Crippen LogP) is 0.749. The average molecular weight is 331 g/mol. The van der Waals surface area contributed by atoms with Crippen molar-refractivity contribution in [3.8, 4) is 0 Å². The molecule has 2 heterocycles. The zero-order valence-electron chi connectivity index (χ0n) is 13.6. The minimum Gasteiger partial charge on any atom is -0.376 e. The molecule has 2 fully saturated rings. The number of carbonyl (C=O) groups excluding carboxylic acids is 3. The minimum absolute atomic E-state index is 0.0200. The quantitative estimate of drug-likeness (QED) is 0.780. The molecule has 0 radical (unpaired) electrons. The smallest absolute Gasteiger partial charge is 0.325 e. The Kier molecular flexibility index (Phi) is 4.53. The lowest BCUT2D eigenvalue weighted by atomic mass is 9.92. The van der Waals surface area contributed by atoms with Gasteiger partial charge in [-0.05, 0) is 25.3 Å². The normalized spacial score (nSPS) is 26.5. The molecule has 4 amide bonds. The molecule has 2 aliphatic heterocycles. The molecule has 0 spiro atoms. The Balaban J connectivity index is 1.63. The first kappa shape index (κ1) is 16.4. The monoisotopic (exact) mass is 331 g/mol. The van der Waals surface area contributed by atoms with E-state index in [-0.39, 0.29) is 18.6 Å². The number of nitrogens with zero attached hydrogens (tertiary/aromatic N) is 1. The van der Waals surface area contributed by atoms with Gasteiger partial charge < -0.3 is 15.4 Å². The standard InChI is InChI=1S/C17H21N3O4/c1-17(12-6-3-2-4-7-12)15(22)20(16(23)19-17)11-14(21)18-10-13-8-5-9-24-13/h2-4,6-7,13H,5,8-11H2,1H3,(H,18,21)(H,19,23)/t13-,17-/m1/s1. The van der Waals surface area contributed by atoms with Crippen LogP contribution in [-0.2, 0) is 19.9 Å². The van der Waals surface area contributed by atoms with Crippen LogP contribution in [0.1, 0.15) is 25.3 Å². The fraction of sp³-hybridized carbons (Fsp3) is 0.471. The van der Waals surface area contributed by atoms with Crippen molar-refractivity contribution in [2.24, 2.45) is 0 Å². The van der Waals surface area contributed by atoms with Gasteiger partial charge in [0.25, 0.3) is 5.91 Å². The molecule has 24 heavy (non-hydrogen) atoms. The molecule has 0 bridgehead atoms. The third-order valence-electron chi connectivity index (χ3n) is 4.48. The van der Waals surface area contributed by atoms with E-state index in [0.29, 0.717) is 18.7 Å². The van der Waals surface area contributed by atoms with Crippen LogP contribution in [0.3, 0.4) is 0 Å². The van der Waals surface area contributed by atoms with Gasteiger partial charge in [-0.1, -0.05) is 30.3 Å². The highest BCUT2D eigenvalue weighted by Gasteiger charge is 2.49. The molecule has 2 saturated heterocycles. The molecule has 7 heteroatoms. The summed E-state index contributed by atoms with van der Waals surface area (Å²) in [5.74, 6) is -0.794. The number of nitrogens with one attached hydrogen (secondary N) is 2. The van der Waals surface area contributed by atoms with Crippen LogP contribution in [0.15, 0.2) is 30.3 Å². The molecule has 0 aromatic heterocycles. The molecule has 1 aromatic carbocycles. The summed E-state index contributed by atoms with van der Waals surface area (Å²) in [6.07, 6.45) is 1.92. The second kappa shape index (κ2) is 6.60. The Hall–Kier alpha value is -2.41. The molecular formula is C17H21N3O4. The van der Waals surface area contributed by atoms with Crippen molar-refractivity contribution >= 4 is 17.8 Å². The van der Waals surface area contributed by atoms with Gasteiger partial charge in [-0.2, -0.15) is 0 Å². The van der Waals surface area contributed by atoms with Gasteiger partial charge in [0.05, 0.1) is 6.10 Å². The van der Waals surface area contributed by atoms with E-state index < -0.39 is 17.5 Å². The molecule has 128 valence electrons. The summed E-state index contributed by atoms with van der Waals surface area (Å²) in [5, 5.41) is 5.40. The van der Waals surface area contributed by atoms with E-state index in [4.69, 9.17) is 4.74 Å². The Morgan fingerprint density at radius 1 is 1.38 bits per heavy atom. The highest BCUT2D eigenvalue weighted by Crippen LogP contribution is 2.28. The lowest BCUT2D eigenvalue weighted by Crippen LogP contribution is -2.44. The van der Waals surface area contributed by atoms with Gasteiger partial charge in [-0.25, -0.2) is 4.79 Å². The number of rotatable bonds is 5. The van der Waals surface area contributed by atoms with Crippen LogP contribution in [0.4, 0.5) is 4.79 Å². The third kappa shape index (κ3) is 3.12. The van der Waals surface area contributed by atoms with E-state index in [1.807, 2.05) is 6.07 Å². The third-order valence-corrected chi connectivity index (χ3v) is 4.48. The number of amides is 4. The Morgan fingerprint density at radius 2 is 2.12 bits per heavy atom. The van der Waals surface area contributed by atoms with Crippen LogP contribution in [-0.4, -0.2) is 48.5 Å². The number of carbonyl (C=O) groups is 3. The van der Waals surface area contributed by atoms with Crippen molar-refractivity contribution in [1.82, 2.24) is 15.5 Å². The molecular weight excluding hydrogens is 310 g/mol. The summed E-state index contributed by atoms with van der Waals surface area (Å²) in [6.45, 7) is 2.47. The number of hydrogen-bond donors (Lipinski definition) is 2. The summed E-state index contributed by atoms with van der Waals surface area (Å²) in [4.78, 5) is 37.8. The van der Waals surface area contributed by atoms with E-state index in [2.05, 4.69) is 10.6 Å². The SMILES string of the molecule is C[C@]1(c2ccccc2)NC(=O)N(CC(=O)NC[C@H]2CCCO2)C1=O. The summed E-state index contributed by atoms with van der Waals surface area (Å²) in [6, 6.07) is 8.44. The maximum Gasteiger partial charge on any atom is 0.325 e. The van der Waals surface area contributed by atoms with Crippen molar-refractivity contribution in [2.45, 2.75) is 31.4 Å².